The van der Waals surface area contributed by atoms with Crippen LogP contribution in [0.2, 0.25) is 19.6 Å². The average molecular weight is 267 g/mol. The van der Waals surface area contributed by atoms with Gasteiger partial charge in [-0.3, -0.25) is 0 Å². The van der Waals surface area contributed by atoms with E-state index in [0.29, 0.717) is 0 Å². The molecule has 0 heterocycles. The number of nitrogens with zero attached hydrogens (tertiary/aromatic N) is 1. The molecule has 0 aliphatic heterocycles. The van der Waals surface area contributed by atoms with Gasteiger partial charge >= 0.3 is 6.18 Å². The van der Waals surface area contributed by atoms with Gasteiger partial charge in [0.2, 0.25) is 0 Å². The number of alkyl halides is 3. The van der Waals surface area contributed by atoms with Crippen LogP contribution in [0.15, 0.2) is 18.2 Å². The normalized spacial score (nSPS) is 11.4. The van der Waals surface area contributed by atoms with Gasteiger partial charge in [0.25, 0.3) is 0 Å². The van der Waals surface area contributed by atoms with Gasteiger partial charge in [-0.15, -0.1) is 5.54 Å². The Hall–Kier alpha value is -1.72. The first-order chi connectivity index (χ1) is 8.13. The molecule has 0 aromatic heterocycles. The van der Waals surface area contributed by atoms with Gasteiger partial charge in [0.1, 0.15) is 8.07 Å². The third-order valence-electron chi connectivity index (χ3n) is 2.03. The molecule has 0 fully saturated rings. The van der Waals surface area contributed by atoms with Crippen molar-refractivity contribution >= 4 is 8.07 Å². The molecule has 1 rings (SSSR count). The minimum atomic E-state index is -4.45. The molecule has 0 aliphatic carbocycles. The van der Waals surface area contributed by atoms with E-state index in [1.54, 1.807) is 0 Å². The Morgan fingerprint density at radius 3 is 2.22 bits per heavy atom. The van der Waals surface area contributed by atoms with E-state index in [1.165, 1.54) is 6.07 Å². The highest BCUT2D eigenvalue weighted by Crippen LogP contribution is 2.32. The van der Waals surface area contributed by atoms with Gasteiger partial charge in [-0.05, 0) is 18.2 Å². The molecule has 94 valence electrons. The summed E-state index contributed by atoms with van der Waals surface area (Å²) in [7, 11) is -1.76. The second kappa shape index (κ2) is 4.87. The van der Waals surface area contributed by atoms with Crippen molar-refractivity contribution in [1.82, 2.24) is 0 Å². The van der Waals surface area contributed by atoms with E-state index in [-0.39, 0.29) is 11.1 Å². The van der Waals surface area contributed by atoms with Crippen LogP contribution >= 0.6 is 0 Å². The summed E-state index contributed by atoms with van der Waals surface area (Å²) in [5, 5.41) is 8.71. The summed E-state index contributed by atoms with van der Waals surface area (Å²) >= 11 is 0. The highest BCUT2D eigenvalue weighted by atomic mass is 28.3. The molecule has 0 saturated heterocycles. The first-order valence-electron chi connectivity index (χ1n) is 5.28. The third-order valence-corrected chi connectivity index (χ3v) is 2.90. The van der Waals surface area contributed by atoms with Crippen LogP contribution in [0.3, 0.4) is 0 Å². The van der Waals surface area contributed by atoms with Crippen LogP contribution in [0.5, 0.6) is 0 Å². The van der Waals surface area contributed by atoms with Crippen LogP contribution in [0.25, 0.3) is 0 Å². The molecular formula is C13H12F3NSi. The van der Waals surface area contributed by atoms with Crippen LogP contribution in [0.1, 0.15) is 16.7 Å². The molecule has 0 saturated carbocycles. The molecule has 0 spiro atoms. The zero-order valence-electron chi connectivity index (χ0n) is 10.3. The Labute approximate surface area is 105 Å². The molecule has 5 heteroatoms. The van der Waals surface area contributed by atoms with Crippen molar-refractivity contribution in [3.63, 3.8) is 0 Å². The lowest BCUT2D eigenvalue weighted by molar-refractivity contribution is -0.137. The van der Waals surface area contributed by atoms with Gasteiger partial charge < -0.3 is 0 Å². The number of hydrogen-bond donors (Lipinski definition) is 0. The molecule has 0 N–H and O–H groups in total. The predicted octanol–water partition coefficient (Wildman–Crippen LogP) is 3.81. The summed E-state index contributed by atoms with van der Waals surface area (Å²) in [5.41, 5.74) is 2.16. The summed E-state index contributed by atoms with van der Waals surface area (Å²) < 4.78 is 38.3. The number of hydrogen-bond acceptors (Lipinski definition) is 1. The molecule has 0 amide bonds. The Morgan fingerprint density at radius 1 is 1.17 bits per heavy atom. The minimum Gasteiger partial charge on any atom is -0.192 e. The molecular weight excluding hydrogens is 255 g/mol. The second-order valence-electron chi connectivity index (χ2n) is 4.87. The molecule has 0 bridgehead atoms. The maximum absolute atomic E-state index is 12.8. The summed E-state index contributed by atoms with van der Waals surface area (Å²) in [6.07, 6.45) is -4.45. The average Bonchev–Trinajstić information content (AvgIpc) is 2.23. The summed E-state index contributed by atoms with van der Waals surface area (Å²) in [4.78, 5) is 0. The zero-order valence-corrected chi connectivity index (χ0v) is 11.3. The van der Waals surface area contributed by atoms with Crippen LogP contribution in [-0.4, -0.2) is 8.07 Å². The number of nitriles is 1. The van der Waals surface area contributed by atoms with E-state index < -0.39 is 19.8 Å². The summed E-state index contributed by atoms with van der Waals surface area (Å²) in [6, 6.07) is 5.07. The van der Waals surface area contributed by atoms with E-state index in [9.17, 15) is 13.2 Å². The molecule has 1 aromatic carbocycles. The van der Waals surface area contributed by atoms with Gasteiger partial charge in [-0.2, -0.15) is 18.4 Å². The van der Waals surface area contributed by atoms with Gasteiger partial charge in [0.15, 0.2) is 0 Å². The van der Waals surface area contributed by atoms with Crippen molar-refractivity contribution < 1.29 is 13.2 Å². The van der Waals surface area contributed by atoms with Gasteiger partial charge in [0.05, 0.1) is 17.2 Å². The second-order valence-corrected chi connectivity index (χ2v) is 9.62. The SMILES string of the molecule is C[Si](C)(C)C#Cc1cc(C#N)ccc1C(F)(F)F. The Morgan fingerprint density at radius 2 is 1.78 bits per heavy atom. The van der Waals surface area contributed by atoms with E-state index in [2.05, 4.69) is 11.5 Å². The molecule has 1 nitrogen and oxygen atoms in total. The van der Waals surface area contributed by atoms with E-state index in [0.717, 1.165) is 12.1 Å². The van der Waals surface area contributed by atoms with Gasteiger partial charge in [0, 0.05) is 5.56 Å². The topological polar surface area (TPSA) is 23.8 Å². The first-order valence-corrected chi connectivity index (χ1v) is 8.78. The molecule has 0 atom stereocenters. The quantitative estimate of drug-likeness (QED) is 0.518. The lowest BCUT2D eigenvalue weighted by atomic mass is 10.0. The maximum atomic E-state index is 12.8. The fourth-order valence-electron chi connectivity index (χ4n) is 1.22. The van der Waals surface area contributed by atoms with Crippen LogP contribution in [-0.2, 0) is 6.18 Å². The Balaban J connectivity index is 3.38. The smallest absolute Gasteiger partial charge is 0.192 e. The molecule has 18 heavy (non-hydrogen) atoms. The maximum Gasteiger partial charge on any atom is 0.417 e. The van der Waals surface area contributed by atoms with Gasteiger partial charge in [-0.1, -0.05) is 25.6 Å². The molecule has 1 aromatic rings. The number of halogens is 3. The monoisotopic (exact) mass is 267 g/mol. The standard InChI is InChI=1S/C13H12F3NSi/c1-18(2,3)7-6-11-8-10(9-17)4-5-12(11)13(14,15)16/h4-5,8H,1-3H3. The lowest BCUT2D eigenvalue weighted by Crippen LogP contribution is -2.16. The summed E-state index contributed by atoms with van der Waals surface area (Å²) in [5.74, 6) is 2.58. The number of benzene rings is 1. The predicted molar refractivity (Wildman–Crippen MR) is 66.4 cm³/mol. The van der Waals surface area contributed by atoms with Crippen molar-refractivity contribution in [3.05, 3.63) is 34.9 Å². The van der Waals surface area contributed by atoms with Crippen LogP contribution < -0.4 is 0 Å². The lowest BCUT2D eigenvalue weighted by Gasteiger charge is -2.10. The highest BCUT2D eigenvalue weighted by Gasteiger charge is 2.33. The Kier molecular flexibility index (Phi) is 3.88. The van der Waals surface area contributed by atoms with Crippen molar-refractivity contribution in [2.75, 3.05) is 0 Å². The summed E-state index contributed by atoms with van der Waals surface area (Å²) in [6.45, 7) is 5.84. The van der Waals surface area contributed by atoms with E-state index in [4.69, 9.17) is 5.26 Å². The molecule has 0 radical (unpaired) electrons. The largest absolute Gasteiger partial charge is 0.417 e. The molecule has 0 unspecified atom stereocenters. The number of rotatable bonds is 0. The third kappa shape index (κ3) is 3.94. The van der Waals surface area contributed by atoms with E-state index in [1.807, 2.05) is 25.7 Å². The highest BCUT2D eigenvalue weighted by molar-refractivity contribution is 6.83. The van der Waals surface area contributed by atoms with Crippen molar-refractivity contribution in [2.45, 2.75) is 25.8 Å². The van der Waals surface area contributed by atoms with Crippen LogP contribution in [0, 0.1) is 22.8 Å². The van der Waals surface area contributed by atoms with Crippen LogP contribution in [0.4, 0.5) is 13.2 Å². The first kappa shape index (κ1) is 14.3. The fourth-order valence-corrected chi connectivity index (χ4v) is 1.73. The van der Waals surface area contributed by atoms with Crippen molar-refractivity contribution in [1.29, 1.82) is 5.26 Å². The minimum absolute atomic E-state index is 0.121. The van der Waals surface area contributed by atoms with Crippen molar-refractivity contribution in [2.24, 2.45) is 0 Å². The van der Waals surface area contributed by atoms with Crippen molar-refractivity contribution in [3.8, 4) is 17.5 Å². The molecule has 0 aliphatic rings. The fraction of sp³-hybridized carbons (Fsp3) is 0.308. The van der Waals surface area contributed by atoms with E-state index >= 15 is 0 Å². The van der Waals surface area contributed by atoms with Gasteiger partial charge in [-0.25, -0.2) is 0 Å². The zero-order chi connectivity index (χ0) is 14.0. The Bertz CT molecular complexity index is 551.